The monoisotopic (exact) mass is 1250 g/mol. The fourth-order valence-corrected chi connectivity index (χ4v) is 9.25. The Labute approximate surface area is 508 Å². The normalized spacial score (nSPS) is 16.3. The number of aliphatic hydroxyl groups excluding tert-OH is 1. The van der Waals surface area contributed by atoms with E-state index in [9.17, 15) is 87.9 Å². The number of aliphatic hydroxyl groups is 1. The first-order chi connectivity index (χ1) is 41.3. The summed E-state index contributed by atoms with van der Waals surface area (Å²) >= 11 is 0. The molecule has 492 valence electrons. The van der Waals surface area contributed by atoms with Crippen molar-refractivity contribution in [2.24, 2.45) is 45.5 Å². The van der Waals surface area contributed by atoms with Gasteiger partial charge in [-0.15, -0.1) is 0 Å². The number of likely N-dealkylation sites (tertiary alicyclic amines) is 1. The van der Waals surface area contributed by atoms with E-state index in [1.165, 1.54) is 24.3 Å². The number of hydrogen-bond donors (Lipinski definition) is 18. The number of nitrogens with two attached hydrogens (primary N) is 5. The number of carboxylic acids is 3. The molecule has 11 atom stereocenters. The molecular weight excluding hydrogens is 1160 g/mol. The molecule has 10 amide bonds. The van der Waals surface area contributed by atoms with Crippen LogP contribution in [-0.4, -0.2) is 200 Å². The average molecular weight is 1250 g/mol. The van der Waals surface area contributed by atoms with E-state index in [-0.39, 0.29) is 75.7 Å². The number of nitrogens with one attached hydrogen (secondary N) is 8. The number of nitrogens with zero attached hydrogens (tertiary/aromatic N) is 2. The number of phenolic OH excluding ortho intramolecular Hbond substituents is 1. The summed E-state index contributed by atoms with van der Waals surface area (Å²) in [4.78, 5) is 178. The number of aliphatic imine (C=N–C) groups is 1. The first-order valence-electron chi connectivity index (χ1n) is 28.9. The number of unbranched alkanes of at least 4 members (excludes halogenated alkanes) is 1. The third-order valence-electron chi connectivity index (χ3n) is 13.9. The van der Waals surface area contributed by atoms with Crippen molar-refractivity contribution in [3.8, 4) is 5.75 Å². The molecule has 2 rings (SSSR count). The molecule has 1 fully saturated rings. The maximum atomic E-state index is 14.3. The van der Waals surface area contributed by atoms with Crippen molar-refractivity contribution in [3.63, 3.8) is 0 Å². The van der Waals surface area contributed by atoms with Gasteiger partial charge in [-0.1, -0.05) is 39.8 Å². The van der Waals surface area contributed by atoms with Gasteiger partial charge in [0.2, 0.25) is 59.1 Å². The van der Waals surface area contributed by atoms with Crippen molar-refractivity contribution < 1.29 is 87.9 Å². The molecule has 1 aromatic carbocycles. The highest BCUT2D eigenvalue weighted by Crippen LogP contribution is 2.21. The van der Waals surface area contributed by atoms with Gasteiger partial charge in [-0.2, -0.15) is 0 Å². The molecule has 33 nitrogen and oxygen atoms in total. The van der Waals surface area contributed by atoms with Gasteiger partial charge in [0.25, 0.3) is 0 Å². The second-order valence-corrected chi connectivity index (χ2v) is 22.2. The molecule has 1 aliphatic rings. The second-order valence-electron chi connectivity index (χ2n) is 22.2. The number of benzene rings is 1. The van der Waals surface area contributed by atoms with Gasteiger partial charge in [-0.25, -0.2) is 4.79 Å². The summed E-state index contributed by atoms with van der Waals surface area (Å²) in [5, 5.41) is 68.9. The van der Waals surface area contributed by atoms with E-state index in [0.717, 1.165) is 11.8 Å². The van der Waals surface area contributed by atoms with Crippen LogP contribution in [-0.2, 0) is 68.7 Å². The van der Waals surface area contributed by atoms with E-state index in [2.05, 4.69) is 47.5 Å². The Hall–Kier alpha value is -8.72. The summed E-state index contributed by atoms with van der Waals surface area (Å²) in [5.74, 6) is -15.8. The molecule has 0 aliphatic carbocycles. The summed E-state index contributed by atoms with van der Waals surface area (Å²) in [7, 11) is 0. The highest BCUT2D eigenvalue weighted by molar-refractivity contribution is 6.00. The number of guanidine groups is 1. The van der Waals surface area contributed by atoms with Crippen molar-refractivity contribution in [2.75, 3.05) is 19.6 Å². The van der Waals surface area contributed by atoms with Gasteiger partial charge in [-0.3, -0.25) is 62.5 Å². The highest BCUT2D eigenvalue weighted by atomic mass is 16.4. The minimum absolute atomic E-state index is 0.0153. The summed E-state index contributed by atoms with van der Waals surface area (Å²) in [6, 6.07) is -9.94. The lowest BCUT2D eigenvalue weighted by atomic mass is 10.0. The van der Waals surface area contributed by atoms with Gasteiger partial charge in [-0.05, 0) is 107 Å². The van der Waals surface area contributed by atoms with Crippen molar-refractivity contribution in [2.45, 2.75) is 191 Å². The summed E-state index contributed by atoms with van der Waals surface area (Å²) in [6.45, 7) is 7.95. The molecule has 23 N–H and O–H groups in total. The predicted molar refractivity (Wildman–Crippen MR) is 314 cm³/mol. The van der Waals surface area contributed by atoms with Crippen LogP contribution in [0.2, 0.25) is 0 Å². The molecular formula is C55H89N15O18. The Kier molecular flexibility index (Phi) is 32.3. The standard InChI is InChI=1S/C55H89N15O18/c1-27(2)24-32(57)45(78)66-37(25-30-13-15-31(72)16-14-30)48(81)62-33(11-8-22-61-55(59)60)46(79)63-34(17-19-41(74)75)47(80)69-44(29(5)71)52(85)67-38(26-40(58)73)49(82)64-35(18-20-42(76)77)53(86)70-23-9-12-39(70)50(83)68-43(28(3)4)51(84)65-36(54(87)88)10-6-7-21-56/h13-16,27-29,32-39,43-44,71-72H,6-12,17-26,56-57H2,1-5H3,(H2,58,73)(H,62,81)(H,63,79)(H,64,82)(H,65,84)(H,66,78)(H,67,85)(H,68,83)(H,69,80)(H,74,75)(H,76,77)(H,87,88)(H4,59,60,61)/t29-,32+,33+,34+,35+,36+,37+,38+,39+,43+,44+/m1/s1. The van der Waals surface area contributed by atoms with Crippen LogP contribution < -0.4 is 71.2 Å². The molecule has 1 aromatic rings. The number of carbonyl (C=O) groups is 13. The lowest BCUT2D eigenvalue weighted by Gasteiger charge is -2.31. The van der Waals surface area contributed by atoms with E-state index in [4.69, 9.17) is 28.7 Å². The van der Waals surface area contributed by atoms with Gasteiger partial charge in [0.05, 0.1) is 18.6 Å². The fourth-order valence-electron chi connectivity index (χ4n) is 9.25. The van der Waals surface area contributed by atoms with Gasteiger partial charge >= 0.3 is 17.9 Å². The molecule has 1 heterocycles. The Morgan fingerprint density at radius 2 is 1.10 bits per heavy atom. The molecule has 0 aromatic heterocycles. The maximum Gasteiger partial charge on any atom is 0.326 e. The third-order valence-corrected chi connectivity index (χ3v) is 13.9. The highest BCUT2D eigenvalue weighted by Gasteiger charge is 2.42. The largest absolute Gasteiger partial charge is 0.508 e. The summed E-state index contributed by atoms with van der Waals surface area (Å²) in [5.41, 5.74) is 28.5. The Bertz CT molecular complexity index is 2620. The number of primary amides is 1. The molecule has 0 bridgehead atoms. The SMILES string of the molecule is CC(C)C[C@H](N)C(=O)N[C@@H](Cc1ccc(O)cc1)C(=O)N[C@@H](CCCN=C(N)N)C(=O)N[C@@H](CCC(=O)O)C(=O)N[C@H](C(=O)N[C@@H](CC(N)=O)C(=O)N[C@@H](CCC(=O)O)C(=O)N1CCC[C@H]1C(=O)N[C@H](C(=O)N[C@@H](CCCCN)C(=O)O)C(C)C)[C@@H](C)O. The minimum Gasteiger partial charge on any atom is -0.508 e. The average Bonchev–Trinajstić information content (AvgIpc) is 3.07. The Morgan fingerprint density at radius 3 is 1.64 bits per heavy atom. The van der Waals surface area contributed by atoms with Crippen LogP contribution in [0.15, 0.2) is 29.3 Å². The van der Waals surface area contributed by atoms with Crippen molar-refractivity contribution in [1.82, 2.24) is 47.4 Å². The minimum atomic E-state index is -2.07. The zero-order valence-corrected chi connectivity index (χ0v) is 50.2. The number of hydrogen-bond acceptors (Lipinski definition) is 18. The quantitative estimate of drug-likeness (QED) is 0.0166. The topological polar surface area (TPSA) is 565 Å². The van der Waals surface area contributed by atoms with E-state index in [0.29, 0.717) is 24.9 Å². The third kappa shape index (κ3) is 26.9. The first-order valence-corrected chi connectivity index (χ1v) is 28.9. The predicted octanol–water partition coefficient (Wildman–Crippen LogP) is -4.91. The zero-order chi connectivity index (χ0) is 66.5. The van der Waals surface area contributed by atoms with Crippen LogP contribution in [0.3, 0.4) is 0 Å². The maximum absolute atomic E-state index is 14.3. The van der Waals surface area contributed by atoms with Crippen LogP contribution >= 0.6 is 0 Å². The number of aromatic hydroxyl groups is 1. The molecule has 0 saturated carbocycles. The van der Waals surface area contributed by atoms with Gasteiger partial charge in [0.15, 0.2) is 5.96 Å². The van der Waals surface area contributed by atoms with E-state index in [1.807, 2.05) is 13.8 Å². The smallest absolute Gasteiger partial charge is 0.326 e. The van der Waals surface area contributed by atoms with Gasteiger partial charge in [0.1, 0.15) is 60.1 Å². The van der Waals surface area contributed by atoms with E-state index >= 15 is 0 Å². The van der Waals surface area contributed by atoms with Crippen LogP contribution in [0.4, 0.5) is 0 Å². The fraction of sp³-hybridized carbons (Fsp3) is 0.636. The second kappa shape index (κ2) is 37.8. The lowest BCUT2D eigenvalue weighted by Crippen LogP contribution is -2.62. The Morgan fingerprint density at radius 1 is 0.602 bits per heavy atom. The van der Waals surface area contributed by atoms with Crippen LogP contribution in [0.25, 0.3) is 0 Å². The van der Waals surface area contributed by atoms with Crippen molar-refractivity contribution in [3.05, 3.63) is 29.8 Å². The van der Waals surface area contributed by atoms with Crippen LogP contribution in [0, 0.1) is 11.8 Å². The first kappa shape index (κ1) is 75.4. The number of carboxylic acid groups (broad SMARTS) is 3. The molecule has 0 radical (unpaired) electrons. The molecule has 33 heteroatoms. The van der Waals surface area contributed by atoms with Crippen LogP contribution in [0.1, 0.15) is 124 Å². The molecule has 0 unspecified atom stereocenters. The van der Waals surface area contributed by atoms with E-state index < -0.39 is 182 Å². The molecule has 88 heavy (non-hydrogen) atoms. The van der Waals surface area contributed by atoms with Gasteiger partial charge in [0, 0.05) is 32.4 Å². The van der Waals surface area contributed by atoms with Crippen molar-refractivity contribution >= 4 is 82.9 Å². The van der Waals surface area contributed by atoms with Crippen molar-refractivity contribution in [1.29, 1.82) is 0 Å². The number of phenols is 1. The summed E-state index contributed by atoms with van der Waals surface area (Å²) < 4.78 is 0. The lowest BCUT2D eigenvalue weighted by molar-refractivity contribution is -0.145. The van der Waals surface area contributed by atoms with E-state index in [1.54, 1.807) is 13.8 Å². The van der Waals surface area contributed by atoms with Crippen LogP contribution in [0.5, 0.6) is 5.75 Å². The number of carbonyl (C=O) groups excluding carboxylic acids is 10. The molecule has 0 spiro atoms. The number of aliphatic carboxylic acids is 3. The zero-order valence-electron chi connectivity index (χ0n) is 50.2. The van der Waals surface area contributed by atoms with Gasteiger partial charge < -0.3 is 102 Å². The molecule has 1 aliphatic heterocycles. The number of rotatable bonds is 40. The Balaban J connectivity index is 2.47. The summed E-state index contributed by atoms with van der Waals surface area (Å²) in [6.07, 6.45) is -4.65. The number of amides is 10. The molecule has 1 saturated heterocycles.